The van der Waals surface area contributed by atoms with Crippen LogP contribution in [-0.2, 0) is 0 Å². The minimum Gasteiger partial charge on any atom is -0.497 e. The predicted molar refractivity (Wildman–Crippen MR) is 86.8 cm³/mol. The van der Waals surface area contributed by atoms with Gasteiger partial charge in [-0.05, 0) is 43.2 Å². The number of hydrogen-bond acceptors (Lipinski definition) is 3. The molecule has 0 atom stereocenters. The van der Waals surface area contributed by atoms with Gasteiger partial charge in [-0.1, -0.05) is 35.9 Å². The van der Waals surface area contributed by atoms with Crippen LogP contribution in [0.25, 0.3) is 6.08 Å². The number of benzene rings is 2. The Hall–Kier alpha value is -2.86. The summed E-state index contributed by atoms with van der Waals surface area (Å²) in [5, 5.41) is 9.34. The maximum atomic E-state index is 12.5. The third kappa shape index (κ3) is 3.42. The molecule has 0 heterocycles. The molecule has 0 saturated carbocycles. The molecule has 0 radical (unpaired) electrons. The maximum absolute atomic E-state index is 12.5. The zero-order valence-corrected chi connectivity index (χ0v) is 12.9. The van der Waals surface area contributed by atoms with E-state index in [0.29, 0.717) is 11.3 Å². The van der Waals surface area contributed by atoms with E-state index >= 15 is 0 Å². The zero-order valence-electron chi connectivity index (χ0n) is 12.9. The molecule has 0 aliphatic carbocycles. The Morgan fingerprint density at radius 1 is 1.18 bits per heavy atom. The van der Waals surface area contributed by atoms with E-state index in [0.717, 1.165) is 16.7 Å². The summed E-state index contributed by atoms with van der Waals surface area (Å²) < 4.78 is 5.12. The molecule has 0 N–H and O–H groups in total. The maximum Gasteiger partial charge on any atom is 0.203 e. The van der Waals surface area contributed by atoms with E-state index < -0.39 is 0 Å². The monoisotopic (exact) mass is 291 g/mol. The van der Waals surface area contributed by atoms with Crippen molar-refractivity contribution in [3.63, 3.8) is 0 Å². The Bertz CT molecular complexity index is 782. The van der Waals surface area contributed by atoms with Crippen molar-refractivity contribution < 1.29 is 9.53 Å². The average molecular weight is 291 g/mol. The zero-order chi connectivity index (χ0) is 16.1. The van der Waals surface area contributed by atoms with Crippen molar-refractivity contribution in [2.24, 2.45) is 0 Å². The molecule has 0 unspecified atom stereocenters. The molecular weight excluding hydrogens is 274 g/mol. The van der Waals surface area contributed by atoms with Gasteiger partial charge >= 0.3 is 0 Å². The van der Waals surface area contributed by atoms with Crippen LogP contribution in [0, 0.1) is 25.2 Å². The Labute approximate surface area is 130 Å². The molecule has 22 heavy (non-hydrogen) atoms. The van der Waals surface area contributed by atoms with Gasteiger partial charge in [-0.15, -0.1) is 0 Å². The van der Waals surface area contributed by atoms with Crippen LogP contribution in [0.3, 0.4) is 0 Å². The highest BCUT2D eigenvalue weighted by molar-refractivity contribution is 6.14. The lowest BCUT2D eigenvalue weighted by molar-refractivity contribution is 0.103. The number of aryl methyl sites for hydroxylation is 2. The third-order valence-corrected chi connectivity index (χ3v) is 3.43. The predicted octanol–water partition coefficient (Wildman–Crippen LogP) is 4.10. The van der Waals surface area contributed by atoms with Crippen LogP contribution in [0.1, 0.15) is 27.0 Å². The van der Waals surface area contributed by atoms with Gasteiger partial charge in [0.25, 0.3) is 0 Å². The molecule has 0 aromatic heterocycles. The van der Waals surface area contributed by atoms with Crippen LogP contribution >= 0.6 is 0 Å². The summed E-state index contributed by atoms with van der Waals surface area (Å²) in [7, 11) is 1.54. The lowest BCUT2D eigenvalue weighted by atomic mass is 9.99. The molecular formula is C19H17NO2. The van der Waals surface area contributed by atoms with Gasteiger partial charge in [-0.25, -0.2) is 0 Å². The van der Waals surface area contributed by atoms with Crippen LogP contribution in [0.2, 0.25) is 0 Å². The first-order valence-corrected chi connectivity index (χ1v) is 6.93. The molecule has 0 amide bonds. The van der Waals surface area contributed by atoms with Crippen molar-refractivity contribution in [1.82, 2.24) is 0 Å². The van der Waals surface area contributed by atoms with Crippen molar-refractivity contribution >= 4 is 11.9 Å². The van der Waals surface area contributed by atoms with Crippen LogP contribution < -0.4 is 4.74 Å². The van der Waals surface area contributed by atoms with Gasteiger partial charge in [0.2, 0.25) is 5.78 Å². The summed E-state index contributed by atoms with van der Waals surface area (Å²) in [6.07, 6.45) is 1.64. The first-order chi connectivity index (χ1) is 10.5. The number of ketones is 1. The molecule has 0 saturated heterocycles. The fraction of sp³-hybridized carbons (Fsp3) is 0.158. The summed E-state index contributed by atoms with van der Waals surface area (Å²) >= 11 is 0. The largest absolute Gasteiger partial charge is 0.497 e. The van der Waals surface area contributed by atoms with Crippen LogP contribution in [0.5, 0.6) is 5.75 Å². The van der Waals surface area contributed by atoms with Gasteiger partial charge in [0.15, 0.2) is 0 Å². The number of ether oxygens (including phenoxy) is 1. The molecule has 3 heteroatoms. The molecule has 0 aliphatic rings. The van der Waals surface area contributed by atoms with Crippen molar-refractivity contribution in [2.45, 2.75) is 13.8 Å². The summed E-state index contributed by atoms with van der Waals surface area (Å²) in [4.78, 5) is 12.5. The molecule has 0 spiro atoms. The fourth-order valence-electron chi connectivity index (χ4n) is 2.14. The summed E-state index contributed by atoms with van der Waals surface area (Å²) in [5.74, 6) is 0.289. The minimum atomic E-state index is -0.303. The molecule has 2 aromatic rings. The third-order valence-electron chi connectivity index (χ3n) is 3.43. The number of methoxy groups -OCH3 is 1. The van der Waals surface area contributed by atoms with Gasteiger partial charge in [0.05, 0.1) is 7.11 Å². The Morgan fingerprint density at radius 2 is 1.95 bits per heavy atom. The smallest absolute Gasteiger partial charge is 0.203 e. The standard InChI is InChI=1S/C19H17NO2/c1-13-7-8-14(2)16(9-13)10-17(12-20)19(21)15-5-4-6-18(11-15)22-3/h4-11H,1-3H3/b17-10+. The first kappa shape index (κ1) is 15.5. The summed E-state index contributed by atoms with van der Waals surface area (Å²) in [6, 6.07) is 14.8. The van der Waals surface area contributed by atoms with Crippen LogP contribution in [-0.4, -0.2) is 12.9 Å². The number of rotatable bonds is 4. The van der Waals surface area contributed by atoms with Crippen molar-refractivity contribution in [2.75, 3.05) is 7.11 Å². The second-order valence-electron chi connectivity index (χ2n) is 5.09. The highest BCUT2D eigenvalue weighted by Gasteiger charge is 2.13. The second-order valence-corrected chi connectivity index (χ2v) is 5.09. The van der Waals surface area contributed by atoms with Gasteiger partial charge in [-0.3, -0.25) is 4.79 Å². The fourth-order valence-corrected chi connectivity index (χ4v) is 2.14. The van der Waals surface area contributed by atoms with E-state index in [-0.39, 0.29) is 11.4 Å². The van der Waals surface area contributed by atoms with Gasteiger partial charge < -0.3 is 4.74 Å². The minimum absolute atomic E-state index is 0.113. The van der Waals surface area contributed by atoms with Gasteiger partial charge in [0.1, 0.15) is 17.4 Å². The average Bonchev–Trinajstić information content (AvgIpc) is 2.55. The second kappa shape index (κ2) is 6.73. The summed E-state index contributed by atoms with van der Waals surface area (Å²) in [5.41, 5.74) is 3.55. The molecule has 0 bridgehead atoms. The molecule has 3 nitrogen and oxygen atoms in total. The van der Waals surface area contributed by atoms with Gasteiger partial charge in [0, 0.05) is 5.56 Å². The molecule has 0 aliphatic heterocycles. The van der Waals surface area contributed by atoms with E-state index in [1.54, 1.807) is 37.5 Å². The Balaban J connectivity index is 2.43. The van der Waals surface area contributed by atoms with E-state index in [1.807, 2.05) is 38.1 Å². The van der Waals surface area contributed by atoms with Crippen LogP contribution in [0.15, 0.2) is 48.0 Å². The molecule has 110 valence electrons. The number of nitrogens with zero attached hydrogens (tertiary/aromatic N) is 1. The number of carbonyl (C=O) groups is 1. The molecule has 0 fully saturated rings. The van der Waals surface area contributed by atoms with Crippen molar-refractivity contribution in [3.05, 3.63) is 70.3 Å². The van der Waals surface area contributed by atoms with Crippen molar-refractivity contribution in [3.8, 4) is 11.8 Å². The highest BCUT2D eigenvalue weighted by Crippen LogP contribution is 2.19. The Morgan fingerprint density at radius 3 is 2.64 bits per heavy atom. The lowest BCUT2D eigenvalue weighted by Crippen LogP contribution is -2.02. The van der Waals surface area contributed by atoms with E-state index in [9.17, 15) is 10.1 Å². The van der Waals surface area contributed by atoms with E-state index in [2.05, 4.69) is 0 Å². The van der Waals surface area contributed by atoms with Crippen LogP contribution in [0.4, 0.5) is 0 Å². The number of allylic oxidation sites excluding steroid dienone is 1. The van der Waals surface area contributed by atoms with Gasteiger partial charge in [-0.2, -0.15) is 5.26 Å². The topological polar surface area (TPSA) is 50.1 Å². The Kier molecular flexibility index (Phi) is 4.75. The SMILES string of the molecule is COc1cccc(C(=O)/C(C#N)=C/c2cc(C)ccc2C)c1. The first-order valence-electron chi connectivity index (χ1n) is 6.93. The number of nitriles is 1. The molecule has 2 aromatic carbocycles. The van der Waals surface area contributed by atoms with E-state index in [1.165, 1.54) is 0 Å². The molecule has 2 rings (SSSR count). The summed E-state index contributed by atoms with van der Waals surface area (Å²) in [6.45, 7) is 3.93. The quantitative estimate of drug-likeness (QED) is 0.484. The normalized spacial score (nSPS) is 10.9. The number of hydrogen-bond donors (Lipinski definition) is 0. The number of Topliss-reactive ketones (excluding diaryl/α,β-unsaturated/α-hetero) is 1. The number of carbonyl (C=O) groups excluding carboxylic acids is 1. The van der Waals surface area contributed by atoms with E-state index in [4.69, 9.17) is 4.74 Å². The van der Waals surface area contributed by atoms with Crippen molar-refractivity contribution in [1.29, 1.82) is 5.26 Å². The lowest BCUT2D eigenvalue weighted by Gasteiger charge is -2.05. The highest BCUT2D eigenvalue weighted by atomic mass is 16.5.